The van der Waals surface area contributed by atoms with E-state index in [1.165, 1.54) is 13.4 Å². The molecule has 0 spiro atoms. The van der Waals surface area contributed by atoms with Gasteiger partial charge in [0.2, 0.25) is 5.75 Å². The number of alkyl halides is 3. The fourth-order valence-electron chi connectivity index (χ4n) is 1.56. The number of anilines is 2. The molecule has 0 saturated heterocycles. The highest BCUT2D eigenvalue weighted by Gasteiger charge is 2.26. The van der Waals surface area contributed by atoms with Crippen LogP contribution in [0.1, 0.15) is 26.2 Å². The molecule has 114 valence electrons. The van der Waals surface area contributed by atoms with E-state index in [4.69, 9.17) is 4.74 Å². The van der Waals surface area contributed by atoms with Crippen molar-refractivity contribution in [2.24, 2.45) is 0 Å². The van der Waals surface area contributed by atoms with Crippen molar-refractivity contribution in [3.8, 4) is 5.75 Å². The van der Waals surface area contributed by atoms with E-state index < -0.39 is 12.6 Å². The summed E-state index contributed by atoms with van der Waals surface area (Å²) in [7, 11) is 1.47. The summed E-state index contributed by atoms with van der Waals surface area (Å²) in [5.41, 5.74) is 0. The third kappa shape index (κ3) is 5.50. The highest BCUT2D eigenvalue weighted by molar-refractivity contribution is 5.63. The van der Waals surface area contributed by atoms with Crippen LogP contribution in [0.3, 0.4) is 0 Å². The molecule has 0 saturated carbocycles. The van der Waals surface area contributed by atoms with Crippen molar-refractivity contribution in [3.05, 3.63) is 6.33 Å². The summed E-state index contributed by atoms with van der Waals surface area (Å²) >= 11 is 0. The van der Waals surface area contributed by atoms with Crippen LogP contribution in [0, 0.1) is 0 Å². The Balaban J connectivity index is 2.60. The number of ether oxygens (including phenoxy) is 1. The van der Waals surface area contributed by atoms with Crippen molar-refractivity contribution in [1.82, 2.24) is 9.97 Å². The minimum atomic E-state index is -4.13. The molecule has 0 bridgehead atoms. The SMILES string of the molecule is CCCNc1ncnc(NCCCC(F)(F)F)c1OC. The number of hydrogen-bond acceptors (Lipinski definition) is 5. The number of rotatable bonds is 8. The lowest BCUT2D eigenvalue weighted by Crippen LogP contribution is -2.13. The van der Waals surface area contributed by atoms with Crippen LogP contribution >= 0.6 is 0 Å². The van der Waals surface area contributed by atoms with Gasteiger partial charge in [-0.15, -0.1) is 0 Å². The Kier molecular flexibility index (Phi) is 6.33. The van der Waals surface area contributed by atoms with E-state index in [0.717, 1.165) is 13.0 Å². The normalized spacial score (nSPS) is 11.2. The van der Waals surface area contributed by atoms with E-state index in [-0.39, 0.29) is 13.0 Å². The molecular formula is C12H19F3N4O. The molecule has 0 radical (unpaired) electrons. The predicted molar refractivity (Wildman–Crippen MR) is 71.1 cm³/mol. The maximum absolute atomic E-state index is 12.0. The van der Waals surface area contributed by atoms with E-state index in [1.807, 2.05) is 6.92 Å². The lowest BCUT2D eigenvalue weighted by atomic mass is 10.3. The van der Waals surface area contributed by atoms with Crippen molar-refractivity contribution in [2.45, 2.75) is 32.4 Å². The maximum Gasteiger partial charge on any atom is 0.389 e. The number of nitrogens with one attached hydrogen (secondary N) is 2. The van der Waals surface area contributed by atoms with Crippen molar-refractivity contribution in [3.63, 3.8) is 0 Å². The van der Waals surface area contributed by atoms with Gasteiger partial charge >= 0.3 is 6.18 Å². The smallest absolute Gasteiger partial charge is 0.389 e. The molecule has 1 rings (SSSR count). The van der Waals surface area contributed by atoms with Crippen LogP contribution in [0.15, 0.2) is 6.33 Å². The molecule has 20 heavy (non-hydrogen) atoms. The predicted octanol–water partition coefficient (Wildman–Crippen LogP) is 3.06. The van der Waals surface area contributed by atoms with Crippen molar-refractivity contribution in [2.75, 3.05) is 30.8 Å². The molecule has 0 atom stereocenters. The van der Waals surface area contributed by atoms with Gasteiger partial charge in [-0.1, -0.05) is 6.92 Å². The molecule has 0 aromatic carbocycles. The fraction of sp³-hybridized carbons (Fsp3) is 0.667. The monoisotopic (exact) mass is 292 g/mol. The summed E-state index contributed by atoms with van der Waals surface area (Å²) in [6.07, 6.45) is -2.72. The van der Waals surface area contributed by atoms with Crippen LogP contribution < -0.4 is 15.4 Å². The second kappa shape index (κ2) is 7.76. The Labute approximate surface area is 116 Å². The van der Waals surface area contributed by atoms with E-state index >= 15 is 0 Å². The average Bonchev–Trinajstić information content (AvgIpc) is 2.40. The molecule has 0 unspecified atom stereocenters. The minimum Gasteiger partial charge on any atom is -0.490 e. The number of aromatic nitrogens is 2. The number of nitrogens with zero attached hydrogens (tertiary/aromatic N) is 2. The van der Waals surface area contributed by atoms with Gasteiger partial charge < -0.3 is 15.4 Å². The summed E-state index contributed by atoms with van der Waals surface area (Å²) in [5, 5.41) is 5.91. The summed E-state index contributed by atoms with van der Waals surface area (Å²) < 4.78 is 41.3. The molecule has 5 nitrogen and oxygen atoms in total. The maximum atomic E-state index is 12.0. The van der Waals surface area contributed by atoms with Gasteiger partial charge in [0.25, 0.3) is 0 Å². The van der Waals surface area contributed by atoms with Gasteiger partial charge in [-0.2, -0.15) is 13.2 Å². The Bertz CT molecular complexity index is 412. The first-order chi connectivity index (χ1) is 9.48. The molecule has 1 heterocycles. The van der Waals surface area contributed by atoms with Crippen molar-refractivity contribution >= 4 is 11.6 Å². The summed E-state index contributed by atoms with van der Waals surface area (Å²) in [6, 6.07) is 0. The topological polar surface area (TPSA) is 59.1 Å². The highest BCUT2D eigenvalue weighted by atomic mass is 19.4. The molecular weight excluding hydrogens is 273 g/mol. The molecule has 0 aliphatic heterocycles. The summed E-state index contributed by atoms with van der Waals surface area (Å²) in [5.74, 6) is 1.33. The molecule has 1 aromatic rings. The van der Waals surface area contributed by atoms with Gasteiger partial charge in [-0.05, 0) is 12.8 Å². The van der Waals surface area contributed by atoms with Crippen LogP contribution in [0.25, 0.3) is 0 Å². The van der Waals surface area contributed by atoms with Gasteiger partial charge in [-0.3, -0.25) is 0 Å². The second-order valence-corrected chi connectivity index (χ2v) is 4.18. The zero-order chi connectivity index (χ0) is 15.0. The largest absolute Gasteiger partial charge is 0.490 e. The molecule has 8 heteroatoms. The lowest BCUT2D eigenvalue weighted by Gasteiger charge is -2.14. The number of halogens is 3. The van der Waals surface area contributed by atoms with E-state index in [1.54, 1.807) is 0 Å². The van der Waals surface area contributed by atoms with Crippen molar-refractivity contribution in [1.29, 1.82) is 0 Å². The zero-order valence-corrected chi connectivity index (χ0v) is 11.5. The standard InChI is InChI=1S/C12H19F3N4O/c1-3-6-16-10-9(20-2)11(19-8-18-10)17-7-4-5-12(13,14)15/h8H,3-7H2,1-2H3,(H2,16,17,18,19). The molecule has 0 amide bonds. The van der Waals surface area contributed by atoms with Crippen LogP contribution in [-0.4, -0.2) is 36.3 Å². The van der Waals surface area contributed by atoms with Crippen molar-refractivity contribution < 1.29 is 17.9 Å². The highest BCUT2D eigenvalue weighted by Crippen LogP contribution is 2.29. The van der Waals surface area contributed by atoms with Gasteiger partial charge in [0.05, 0.1) is 7.11 Å². The molecule has 0 aliphatic rings. The van der Waals surface area contributed by atoms with Gasteiger partial charge in [-0.25, -0.2) is 9.97 Å². The van der Waals surface area contributed by atoms with E-state index in [0.29, 0.717) is 17.4 Å². The molecule has 0 aliphatic carbocycles. The first-order valence-electron chi connectivity index (χ1n) is 6.41. The van der Waals surface area contributed by atoms with E-state index in [2.05, 4.69) is 20.6 Å². The van der Waals surface area contributed by atoms with Crippen LogP contribution in [0.4, 0.5) is 24.8 Å². The molecule has 1 aromatic heterocycles. The van der Waals surface area contributed by atoms with Crippen LogP contribution in [-0.2, 0) is 0 Å². The number of hydrogen-bond donors (Lipinski definition) is 2. The average molecular weight is 292 g/mol. The lowest BCUT2D eigenvalue weighted by molar-refractivity contribution is -0.134. The zero-order valence-electron chi connectivity index (χ0n) is 11.5. The summed E-state index contributed by atoms with van der Waals surface area (Å²) in [6.45, 7) is 2.90. The third-order valence-corrected chi connectivity index (χ3v) is 2.48. The first kappa shape index (κ1) is 16.3. The molecule has 0 fully saturated rings. The Morgan fingerprint density at radius 2 is 1.75 bits per heavy atom. The Morgan fingerprint density at radius 3 is 2.25 bits per heavy atom. The van der Waals surface area contributed by atoms with Crippen LogP contribution in [0.2, 0.25) is 0 Å². The molecule has 2 N–H and O–H groups in total. The van der Waals surface area contributed by atoms with Gasteiger partial charge in [0.1, 0.15) is 6.33 Å². The fourth-order valence-corrected chi connectivity index (χ4v) is 1.56. The van der Waals surface area contributed by atoms with Crippen LogP contribution in [0.5, 0.6) is 5.75 Å². The van der Waals surface area contributed by atoms with Gasteiger partial charge in [0, 0.05) is 19.5 Å². The second-order valence-electron chi connectivity index (χ2n) is 4.18. The van der Waals surface area contributed by atoms with E-state index in [9.17, 15) is 13.2 Å². The Morgan fingerprint density at radius 1 is 1.15 bits per heavy atom. The van der Waals surface area contributed by atoms with Gasteiger partial charge in [0.15, 0.2) is 11.6 Å². The summed E-state index contributed by atoms with van der Waals surface area (Å²) in [4.78, 5) is 8.03. The Hall–Kier alpha value is -1.73. The number of methoxy groups -OCH3 is 1. The third-order valence-electron chi connectivity index (χ3n) is 2.48. The quantitative estimate of drug-likeness (QED) is 0.721. The minimum absolute atomic E-state index is 0.0195. The first-order valence-corrected chi connectivity index (χ1v) is 6.41.